The van der Waals surface area contributed by atoms with Gasteiger partial charge in [0.2, 0.25) is 12.7 Å². The molecule has 33 heavy (non-hydrogen) atoms. The molecule has 10 heteroatoms. The van der Waals surface area contributed by atoms with Crippen LogP contribution in [0.15, 0.2) is 65.1 Å². The lowest BCUT2D eigenvalue weighted by molar-refractivity contribution is -0.113. The SMILES string of the molecule is N#Cc1ccsc1NC(=O)CSc1nnc(-c2ccccc2)n1Cc1ccc2c(c1)OCO2. The number of carbonyl (C=O) groups is 1. The number of amides is 1. The van der Waals surface area contributed by atoms with Crippen molar-refractivity contribution in [3.05, 3.63) is 71.1 Å². The molecule has 0 saturated carbocycles. The third-order valence-corrected chi connectivity index (χ3v) is 6.69. The molecule has 0 saturated heterocycles. The summed E-state index contributed by atoms with van der Waals surface area (Å²) >= 11 is 2.61. The van der Waals surface area contributed by atoms with Gasteiger partial charge in [0, 0.05) is 5.56 Å². The molecule has 0 spiro atoms. The Morgan fingerprint density at radius 3 is 2.85 bits per heavy atom. The number of fused-ring (bicyclic) bond motifs is 1. The van der Waals surface area contributed by atoms with Crippen LogP contribution in [-0.2, 0) is 11.3 Å². The molecule has 0 fully saturated rings. The predicted molar refractivity (Wildman–Crippen MR) is 126 cm³/mol. The Kier molecular flexibility index (Phi) is 5.97. The minimum absolute atomic E-state index is 0.136. The van der Waals surface area contributed by atoms with E-state index in [9.17, 15) is 4.79 Å². The summed E-state index contributed by atoms with van der Waals surface area (Å²) < 4.78 is 12.9. The van der Waals surface area contributed by atoms with E-state index in [4.69, 9.17) is 14.7 Å². The van der Waals surface area contributed by atoms with Crippen LogP contribution in [0.1, 0.15) is 11.1 Å². The van der Waals surface area contributed by atoms with Gasteiger partial charge in [-0.2, -0.15) is 5.26 Å². The van der Waals surface area contributed by atoms with Gasteiger partial charge in [-0.1, -0.05) is 48.2 Å². The van der Waals surface area contributed by atoms with E-state index in [1.54, 1.807) is 11.4 Å². The average molecular weight is 476 g/mol. The second kappa shape index (κ2) is 9.36. The summed E-state index contributed by atoms with van der Waals surface area (Å²) in [6, 6.07) is 19.4. The highest BCUT2D eigenvalue weighted by atomic mass is 32.2. The highest BCUT2D eigenvalue weighted by molar-refractivity contribution is 7.99. The fraction of sp³-hybridized carbons (Fsp3) is 0.130. The number of ether oxygens (including phenoxy) is 2. The molecule has 2 aromatic heterocycles. The van der Waals surface area contributed by atoms with Crippen LogP contribution in [0, 0.1) is 11.3 Å². The van der Waals surface area contributed by atoms with Crippen LogP contribution >= 0.6 is 23.1 Å². The fourth-order valence-corrected chi connectivity index (χ4v) is 4.84. The van der Waals surface area contributed by atoms with E-state index in [1.165, 1.54) is 23.1 Å². The second-order valence-electron chi connectivity index (χ2n) is 7.06. The van der Waals surface area contributed by atoms with Crippen molar-refractivity contribution in [1.29, 1.82) is 5.26 Å². The van der Waals surface area contributed by atoms with E-state index in [0.29, 0.717) is 33.8 Å². The van der Waals surface area contributed by atoms with Crippen molar-refractivity contribution >= 4 is 34.0 Å². The van der Waals surface area contributed by atoms with E-state index >= 15 is 0 Å². The molecule has 1 aliphatic rings. The van der Waals surface area contributed by atoms with E-state index in [-0.39, 0.29) is 18.5 Å². The molecule has 2 aromatic carbocycles. The zero-order valence-electron chi connectivity index (χ0n) is 17.2. The number of nitrogens with one attached hydrogen (secondary N) is 1. The molecule has 0 unspecified atom stereocenters. The van der Waals surface area contributed by atoms with Crippen LogP contribution in [-0.4, -0.2) is 33.2 Å². The van der Waals surface area contributed by atoms with Crippen molar-refractivity contribution in [2.45, 2.75) is 11.7 Å². The van der Waals surface area contributed by atoms with Crippen LogP contribution < -0.4 is 14.8 Å². The van der Waals surface area contributed by atoms with Gasteiger partial charge in [-0.25, -0.2) is 0 Å². The van der Waals surface area contributed by atoms with E-state index in [0.717, 1.165) is 16.9 Å². The Morgan fingerprint density at radius 2 is 2.00 bits per heavy atom. The smallest absolute Gasteiger partial charge is 0.235 e. The number of thiophene rings is 1. The first-order valence-electron chi connectivity index (χ1n) is 9.98. The van der Waals surface area contributed by atoms with Gasteiger partial charge in [0.05, 0.1) is 17.9 Å². The molecular formula is C23H17N5O3S2. The maximum absolute atomic E-state index is 12.5. The number of anilines is 1. The molecule has 8 nitrogen and oxygen atoms in total. The summed E-state index contributed by atoms with van der Waals surface area (Å²) in [5, 5.41) is 23.6. The molecule has 0 radical (unpaired) electrons. The third kappa shape index (κ3) is 4.55. The molecule has 1 amide bonds. The van der Waals surface area contributed by atoms with E-state index in [2.05, 4.69) is 21.6 Å². The van der Waals surface area contributed by atoms with Gasteiger partial charge in [-0.15, -0.1) is 21.5 Å². The van der Waals surface area contributed by atoms with Crippen LogP contribution in [0.5, 0.6) is 11.5 Å². The molecule has 1 N–H and O–H groups in total. The van der Waals surface area contributed by atoms with Crippen LogP contribution in [0.2, 0.25) is 0 Å². The van der Waals surface area contributed by atoms with Crippen molar-refractivity contribution in [2.75, 3.05) is 17.9 Å². The highest BCUT2D eigenvalue weighted by Gasteiger charge is 2.19. The Hall–Kier alpha value is -3.81. The lowest BCUT2D eigenvalue weighted by atomic mass is 10.2. The zero-order valence-corrected chi connectivity index (χ0v) is 18.9. The summed E-state index contributed by atoms with van der Waals surface area (Å²) in [5.74, 6) is 2.07. The molecule has 5 rings (SSSR count). The molecule has 4 aromatic rings. The summed E-state index contributed by atoms with van der Waals surface area (Å²) in [4.78, 5) is 12.5. The van der Waals surface area contributed by atoms with Gasteiger partial charge >= 0.3 is 0 Å². The lowest BCUT2D eigenvalue weighted by Gasteiger charge is -2.11. The van der Waals surface area contributed by atoms with Gasteiger partial charge in [-0.05, 0) is 29.1 Å². The first kappa shape index (κ1) is 21.1. The molecule has 0 bridgehead atoms. The number of nitriles is 1. The normalized spacial score (nSPS) is 11.8. The average Bonchev–Trinajstić information content (AvgIpc) is 3.58. The van der Waals surface area contributed by atoms with Crippen LogP contribution in [0.4, 0.5) is 5.00 Å². The van der Waals surface area contributed by atoms with Gasteiger partial charge in [0.1, 0.15) is 11.1 Å². The van der Waals surface area contributed by atoms with Crippen molar-refractivity contribution in [2.24, 2.45) is 0 Å². The van der Waals surface area contributed by atoms with Crippen LogP contribution in [0.3, 0.4) is 0 Å². The Morgan fingerprint density at radius 1 is 1.15 bits per heavy atom. The maximum Gasteiger partial charge on any atom is 0.235 e. The summed E-state index contributed by atoms with van der Waals surface area (Å²) in [6.45, 7) is 0.718. The molecule has 1 aliphatic heterocycles. The van der Waals surface area contributed by atoms with Gasteiger partial charge in [-0.3, -0.25) is 9.36 Å². The van der Waals surface area contributed by atoms with Crippen molar-refractivity contribution in [3.63, 3.8) is 0 Å². The lowest BCUT2D eigenvalue weighted by Crippen LogP contribution is -2.14. The van der Waals surface area contributed by atoms with Crippen molar-refractivity contribution < 1.29 is 14.3 Å². The molecule has 0 aliphatic carbocycles. The number of benzene rings is 2. The highest BCUT2D eigenvalue weighted by Crippen LogP contribution is 2.34. The number of nitrogens with zero attached hydrogens (tertiary/aromatic N) is 4. The second-order valence-corrected chi connectivity index (χ2v) is 8.92. The first-order chi connectivity index (χ1) is 16.2. The molecular weight excluding hydrogens is 458 g/mol. The number of rotatable bonds is 7. The van der Waals surface area contributed by atoms with Crippen LogP contribution in [0.25, 0.3) is 11.4 Å². The number of aromatic nitrogens is 3. The van der Waals surface area contributed by atoms with E-state index in [1.807, 2.05) is 53.1 Å². The summed E-state index contributed by atoms with van der Waals surface area (Å²) in [7, 11) is 0. The first-order valence-corrected chi connectivity index (χ1v) is 11.8. The maximum atomic E-state index is 12.5. The standard InChI is InChI=1S/C23H17N5O3S2/c24-11-17-8-9-32-22(17)25-20(29)13-33-23-27-26-21(16-4-2-1-3-5-16)28(23)12-15-6-7-18-19(10-15)31-14-30-18/h1-10H,12-14H2,(H,25,29). The van der Waals surface area contributed by atoms with Gasteiger partial charge < -0.3 is 14.8 Å². The van der Waals surface area contributed by atoms with Gasteiger partial charge in [0.25, 0.3) is 0 Å². The Bertz CT molecular complexity index is 1340. The van der Waals surface area contributed by atoms with Crippen molar-refractivity contribution in [1.82, 2.24) is 14.8 Å². The molecule has 164 valence electrons. The monoisotopic (exact) mass is 475 g/mol. The molecule has 3 heterocycles. The summed E-state index contributed by atoms with van der Waals surface area (Å²) in [6.07, 6.45) is 0. The third-order valence-electron chi connectivity index (χ3n) is 4.90. The number of hydrogen-bond acceptors (Lipinski definition) is 8. The number of hydrogen-bond donors (Lipinski definition) is 1. The Balaban J connectivity index is 1.38. The number of carbonyl (C=O) groups excluding carboxylic acids is 1. The largest absolute Gasteiger partial charge is 0.454 e. The van der Waals surface area contributed by atoms with Crippen molar-refractivity contribution in [3.8, 4) is 29.0 Å². The fourth-order valence-electron chi connectivity index (χ4n) is 3.35. The minimum Gasteiger partial charge on any atom is -0.454 e. The molecule has 0 atom stereocenters. The van der Waals surface area contributed by atoms with Gasteiger partial charge in [0.15, 0.2) is 22.5 Å². The minimum atomic E-state index is -0.210. The zero-order chi connectivity index (χ0) is 22.6. The topological polar surface area (TPSA) is 102 Å². The van der Waals surface area contributed by atoms with E-state index < -0.39 is 0 Å². The number of thioether (sulfide) groups is 1. The predicted octanol–water partition coefficient (Wildman–Crippen LogP) is 4.39. The quantitative estimate of drug-likeness (QED) is 0.396. The summed E-state index contributed by atoms with van der Waals surface area (Å²) in [5.41, 5.74) is 2.38. The Labute approximate surface area is 197 Å².